The van der Waals surface area contributed by atoms with Gasteiger partial charge in [-0.3, -0.25) is 0 Å². The van der Waals surface area contributed by atoms with Crippen LogP contribution in [0, 0.1) is 0 Å². The van der Waals surface area contributed by atoms with Crippen LogP contribution in [0.5, 0.6) is 0 Å². The van der Waals surface area contributed by atoms with Crippen molar-refractivity contribution in [2.45, 2.75) is 0 Å². The van der Waals surface area contributed by atoms with Gasteiger partial charge >= 0.3 is 0 Å². The van der Waals surface area contributed by atoms with Gasteiger partial charge in [0.25, 0.3) is 0 Å². The number of fused-ring (bicyclic) bond motifs is 5. The molecular weight excluding hydrogens is 741 g/mol. The molecule has 11 aromatic rings. The van der Waals surface area contributed by atoms with Gasteiger partial charge in [0.05, 0.1) is 11.4 Å². The summed E-state index contributed by atoms with van der Waals surface area (Å²) in [7, 11) is 0. The molecule has 0 aliphatic heterocycles. The summed E-state index contributed by atoms with van der Waals surface area (Å²) in [5.41, 5.74) is 14.8. The Morgan fingerprint density at radius 3 is 1.36 bits per heavy atom. The van der Waals surface area contributed by atoms with E-state index < -0.39 is 0 Å². The third-order valence-corrected chi connectivity index (χ3v) is 11.6. The predicted octanol–water partition coefficient (Wildman–Crippen LogP) is 16.7. The first kappa shape index (κ1) is 36.0. The maximum atomic E-state index is 7.16. The summed E-state index contributed by atoms with van der Waals surface area (Å²) in [6.45, 7) is 0. The van der Waals surface area contributed by atoms with Crippen molar-refractivity contribution >= 4 is 66.8 Å². The van der Waals surface area contributed by atoms with Gasteiger partial charge in [-0.25, -0.2) is 0 Å². The normalized spacial score (nSPS) is 11.3. The van der Waals surface area contributed by atoms with Crippen LogP contribution in [0.2, 0.25) is 0 Å². The van der Waals surface area contributed by atoms with E-state index in [1.54, 1.807) is 0 Å². The average molecular weight is 781 g/mol. The Labute approximate surface area is 355 Å². The van der Waals surface area contributed by atoms with Crippen molar-refractivity contribution in [3.05, 3.63) is 243 Å². The van der Waals surface area contributed by atoms with Crippen molar-refractivity contribution in [3.8, 4) is 33.4 Å². The third kappa shape index (κ3) is 6.69. The number of anilines is 6. The zero-order chi connectivity index (χ0) is 40.5. The summed E-state index contributed by atoms with van der Waals surface area (Å²) < 4.78 is 7.16. The zero-order valence-corrected chi connectivity index (χ0v) is 33.4. The lowest BCUT2D eigenvalue weighted by atomic mass is 10.00. The molecule has 0 atom stereocenters. The minimum atomic E-state index is 0.821. The second-order valence-electron chi connectivity index (χ2n) is 15.3. The Balaban J connectivity index is 1.20. The first-order valence-corrected chi connectivity index (χ1v) is 20.8. The van der Waals surface area contributed by atoms with Gasteiger partial charge in [0, 0.05) is 44.5 Å². The molecule has 0 spiro atoms. The Hall–Kier alpha value is -8.14. The maximum absolute atomic E-state index is 7.16. The van der Waals surface area contributed by atoms with E-state index in [-0.39, 0.29) is 0 Å². The number of benzene rings is 10. The van der Waals surface area contributed by atoms with E-state index >= 15 is 0 Å². The summed E-state index contributed by atoms with van der Waals surface area (Å²) in [5, 5.41) is 4.34. The molecule has 61 heavy (non-hydrogen) atoms. The van der Waals surface area contributed by atoms with Crippen molar-refractivity contribution in [1.29, 1.82) is 0 Å². The summed E-state index contributed by atoms with van der Waals surface area (Å²) in [5.74, 6) is 0. The molecule has 0 saturated heterocycles. The summed E-state index contributed by atoms with van der Waals surface area (Å²) in [6, 6.07) is 86.5. The van der Waals surface area contributed by atoms with E-state index in [1.807, 2.05) is 0 Å². The minimum absolute atomic E-state index is 0.821. The van der Waals surface area contributed by atoms with Crippen molar-refractivity contribution in [2.24, 2.45) is 0 Å². The number of hydrogen-bond acceptors (Lipinski definition) is 3. The van der Waals surface area contributed by atoms with Crippen LogP contribution in [0.4, 0.5) is 34.1 Å². The predicted molar refractivity (Wildman–Crippen MR) is 257 cm³/mol. The Bertz CT molecular complexity index is 3270. The van der Waals surface area contributed by atoms with E-state index in [4.69, 9.17) is 4.42 Å². The Morgan fingerprint density at radius 1 is 0.262 bits per heavy atom. The fourth-order valence-electron chi connectivity index (χ4n) is 8.70. The van der Waals surface area contributed by atoms with Gasteiger partial charge in [0.15, 0.2) is 5.58 Å². The number of rotatable bonds is 9. The minimum Gasteiger partial charge on any atom is -0.453 e. The van der Waals surface area contributed by atoms with Crippen LogP contribution >= 0.6 is 0 Å². The average Bonchev–Trinajstić information content (AvgIpc) is 3.73. The highest BCUT2D eigenvalue weighted by molar-refractivity contribution is 6.18. The molecular formula is C58H40N2O. The topological polar surface area (TPSA) is 19.6 Å². The van der Waals surface area contributed by atoms with Crippen LogP contribution in [0.3, 0.4) is 0 Å². The molecule has 10 aromatic carbocycles. The molecule has 1 aromatic heterocycles. The van der Waals surface area contributed by atoms with Gasteiger partial charge < -0.3 is 14.2 Å². The molecule has 0 fully saturated rings. The van der Waals surface area contributed by atoms with Crippen molar-refractivity contribution in [1.82, 2.24) is 0 Å². The van der Waals surface area contributed by atoms with E-state index in [0.717, 1.165) is 83.5 Å². The lowest BCUT2D eigenvalue weighted by Gasteiger charge is -2.31. The molecule has 3 heteroatoms. The molecule has 0 unspecified atom stereocenters. The quantitative estimate of drug-likeness (QED) is 0.145. The van der Waals surface area contributed by atoms with Crippen molar-refractivity contribution < 1.29 is 4.42 Å². The van der Waals surface area contributed by atoms with E-state index in [2.05, 4.69) is 252 Å². The number of nitrogens with zero attached hydrogens (tertiary/aromatic N) is 2. The molecule has 0 N–H and O–H groups in total. The second kappa shape index (κ2) is 15.6. The smallest absolute Gasteiger partial charge is 0.159 e. The standard InChI is InChI=1S/C58H40N2O/c1-5-17-41(18-6-1)43-29-34-48(35-30-43)59(47-24-11-4-12-25-47)56-40-50(39-54-53-38-33-46-23-13-14-27-52(46)57(53)61-58(54)56)60(49-36-31-44(32-37-49)42-19-7-2-8-20-42)55-28-16-15-26-51(55)45-21-9-3-10-22-45/h1-40H. The summed E-state index contributed by atoms with van der Waals surface area (Å²) in [6.07, 6.45) is 0. The molecule has 0 radical (unpaired) electrons. The highest BCUT2D eigenvalue weighted by Gasteiger charge is 2.25. The lowest BCUT2D eigenvalue weighted by molar-refractivity contribution is 0.673. The molecule has 0 aliphatic rings. The Morgan fingerprint density at radius 2 is 0.738 bits per heavy atom. The molecule has 11 rings (SSSR count). The second-order valence-corrected chi connectivity index (χ2v) is 15.3. The van der Waals surface area contributed by atoms with Crippen LogP contribution in [0.1, 0.15) is 0 Å². The van der Waals surface area contributed by atoms with Crippen LogP contribution in [0.15, 0.2) is 247 Å². The van der Waals surface area contributed by atoms with Crippen LogP contribution in [-0.4, -0.2) is 0 Å². The highest BCUT2D eigenvalue weighted by Crippen LogP contribution is 2.49. The van der Waals surface area contributed by atoms with Crippen LogP contribution < -0.4 is 9.80 Å². The summed E-state index contributed by atoms with van der Waals surface area (Å²) >= 11 is 0. The van der Waals surface area contributed by atoms with Gasteiger partial charge in [-0.2, -0.15) is 0 Å². The molecule has 0 amide bonds. The monoisotopic (exact) mass is 780 g/mol. The molecule has 0 saturated carbocycles. The van der Waals surface area contributed by atoms with Gasteiger partial charge in [-0.1, -0.05) is 182 Å². The molecule has 0 bridgehead atoms. The molecule has 0 aliphatic carbocycles. The Kier molecular flexibility index (Phi) is 9.18. The van der Waals surface area contributed by atoms with Crippen molar-refractivity contribution in [2.75, 3.05) is 9.80 Å². The van der Waals surface area contributed by atoms with Gasteiger partial charge in [-0.15, -0.1) is 0 Å². The first-order valence-electron chi connectivity index (χ1n) is 20.8. The van der Waals surface area contributed by atoms with Gasteiger partial charge in [0.1, 0.15) is 5.58 Å². The fourth-order valence-corrected chi connectivity index (χ4v) is 8.70. The molecule has 1 heterocycles. The fraction of sp³-hybridized carbons (Fsp3) is 0. The number of hydrogen-bond donors (Lipinski definition) is 0. The summed E-state index contributed by atoms with van der Waals surface area (Å²) in [4.78, 5) is 4.74. The molecule has 288 valence electrons. The number of para-hydroxylation sites is 2. The van der Waals surface area contributed by atoms with Crippen LogP contribution in [-0.2, 0) is 0 Å². The van der Waals surface area contributed by atoms with E-state index in [1.165, 1.54) is 16.7 Å². The van der Waals surface area contributed by atoms with Gasteiger partial charge in [0.2, 0.25) is 0 Å². The first-order chi connectivity index (χ1) is 30.3. The largest absolute Gasteiger partial charge is 0.453 e. The zero-order valence-electron chi connectivity index (χ0n) is 33.4. The lowest BCUT2D eigenvalue weighted by Crippen LogP contribution is -2.14. The highest BCUT2D eigenvalue weighted by atomic mass is 16.3. The van der Waals surface area contributed by atoms with Gasteiger partial charge in [-0.05, 0) is 93.9 Å². The van der Waals surface area contributed by atoms with E-state index in [9.17, 15) is 0 Å². The van der Waals surface area contributed by atoms with Crippen LogP contribution in [0.25, 0.3) is 66.1 Å². The van der Waals surface area contributed by atoms with E-state index in [0.29, 0.717) is 0 Å². The third-order valence-electron chi connectivity index (χ3n) is 11.6. The SMILES string of the molecule is c1ccc(-c2ccc(N(c3cc(N(c4ccccc4)c4ccc(-c5ccccc5)cc4)c4oc5c6ccccc6ccc5c4c3)c3ccccc3-c3ccccc3)cc2)cc1. The number of furan rings is 1. The molecule has 3 nitrogen and oxygen atoms in total. The maximum Gasteiger partial charge on any atom is 0.159 e. The van der Waals surface area contributed by atoms with Crippen molar-refractivity contribution in [3.63, 3.8) is 0 Å².